The molecule has 108 valence electrons. The molecule has 19 heavy (non-hydrogen) atoms. The Hall–Kier alpha value is -0.980. The lowest BCUT2D eigenvalue weighted by molar-refractivity contribution is 0.107. The van der Waals surface area contributed by atoms with Crippen LogP contribution in [-0.2, 0) is 10.8 Å². The topological polar surface area (TPSA) is 58.6 Å². The molecule has 0 aliphatic heterocycles. The van der Waals surface area contributed by atoms with Crippen LogP contribution >= 0.6 is 0 Å². The first-order chi connectivity index (χ1) is 9.11. The molecule has 0 aromatic heterocycles. The molecule has 2 N–H and O–H groups in total. The maximum Gasteiger partial charge on any atom is 0.123 e. The Labute approximate surface area is 115 Å². The fraction of sp³-hybridized carbons (Fsp3) is 0.538. The van der Waals surface area contributed by atoms with Gasteiger partial charge in [0.05, 0.1) is 0 Å². The normalized spacial score (nSPS) is 14.1. The van der Waals surface area contributed by atoms with Crippen LogP contribution in [0.15, 0.2) is 24.3 Å². The van der Waals surface area contributed by atoms with Crippen LogP contribution in [0.3, 0.4) is 0 Å². The number of rotatable bonds is 9. The van der Waals surface area contributed by atoms with Crippen LogP contribution in [0.25, 0.3) is 0 Å². The Balaban J connectivity index is 2.12. The van der Waals surface area contributed by atoms with Gasteiger partial charge in [0.1, 0.15) is 24.3 Å². The summed E-state index contributed by atoms with van der Waals surface area (Å²) in [6, 6.07) is 5.64. The molecule has 0 radical (unpaired) electrons. The number of hydrogen-bond acceptors (Lipinski definition) is 4. The van der Waals surface area contributed by atoms with Gasteiger partial charge in [-0.25, -0.2) is 4.39 Å². The minimum atomic E-state index is -0.788. The smallest absolute Gasteiger partial charge is 0.123 e. The third-order valence-corrected chi connectivity index (χ3v) is 3.77. The summed E-state index contributed by atoms with van der Waals surface area (Å²) in [4.78, 5) is 0. The first kappa shape index (κ1) is 16.1. The van der Waals surface area contributed by atoms with Gasteiger partial charge in [0.15, 0.2) is 0 Å². The lowest BCUT2D eigenvalue weighted by atomic mass is 10.3. The molecule has 0 aliphatic carbocycles. The number of hydrogen-bond donors (Lipinski definition) is 2. The molecular weight excluding hydrogens is 269 g/mol. The molecule has 0 saturated heterocycles. The standard InChI is InChI=1S/C13H20FNO3S/c1-2-19(17)8-7-15-9-12(16)10-18-13-5-3-11(14)4-6-13/h3-6,12,15-16H,2,7-10H2,1H3. The second-order valence-electron chi connectivity index (χ2n) is 4.06. The summed E-state index contributed by atoms with van der Waals surface area (Å²) in [5.74, 6) is 1.44. The number of ether oxygens (including phenoxy) is 1. The fourth-order valence-corrected chi connectivity index (χ4v) is 2.04. The Kier molecular flexibility index (Phi) is 7.62. The van der Waals surface area contributed by atoms with Gasteiger partial charge in [-0.1, -0.05) is 6.92 Å². The van der Waals surface area contributed by atoms with Crippen molar-refractivity contribution in [3.63, 3.8) is 0 Å². The molecule has 0 aliphatic rings. The van der Waals surface area contributed by atoms with Gasteiger partial charge in [-0.2, -0.15) is 0 Å². The minimum Gasteiger partial charge on any atom is -0.491 e. The van der Waals surface area contributed by atoms with Crippen LogP contribution < -0.4 is 10.1 Å². The van der Waals surface area contributed by atoms with Gasteiger partial charge in [0.25, 0.3) is 0 Å². The molecule has 0 heterocycles. The predicted molar refractivity (Wildman–Crippen MR) is 74.3 cm³/mol. The molecule has 0 saturated carbocycles. The molecule has 1 aromatic carbocycles. The molecule has 6 heteroatoms. The van der Waals surface area contributed by atoms with Crippen molar-refractivity contribution >= 4 is 10.8 Å². The van der Waals surface area contributed by atoms with E-state index in [0.717, 1.165) is 0 Å². The van der Waals surface area contributed by atoms with Crippen LogP contribution in [0, 0.1) is 5.82 Å². The highest BCUT2D eigenvalue weighted by molar-refractivity contribution is 7.84. The van der Waals surface area contributed by atoms with E-state index >= 15 is 0 Å². The highest BCUT2D eigenvalue weighted by Crippen LogP contribution is 2.10. The SMILES string of the molecule is CCS(=O)CCNCC(O)COc1ccc(F)cc1. The minimum absolute atomic E-state index is 0.134. The molecular formula is C13H20FNO3S. The highest BCUT2D eigenvalue weighted by Gasteiger charge is 2.05. The Bertz CT molecular complexity index is 386. The van der Waals surface area contributed by atoms with E-state index in [9.17, 15) is 13.7 Å². The summed E-state index contributed by atoms with van der Waals surface area (Å²) in [5, 5.41) is 12.7. The molecule has 1 aromatic rings. The van der Waals surface area contributed by atoms with Crippen LogP contribution in [-0.4, -0.2) is 46.6 Å². The van der Waals surface area contributed by atoms with Crippen molar-refractivity contribution < 1.29 is 18.4 Å². The number of benzene rings is 1. The van der Waals surface area contributed by atoms with Gasteiger partial charge >= 0.3 is 0 Å². The van der Waals surface area contributed by atoms with E-state index in [-0.39, 0.29) is 12.4 Å². The monoisotopic (exact) mass is 289 g/mol. The van der Waals surface area contributed by atoms with E-state index in [1.54, 1.807) is 0 Å². The van der Waals surface area contributed by atoms with E-state index in [0.29, 0.717) is 30.3 Å². The molecule has 4 nitrogen and oxygen atoms in total. The van der Waals surface area contributed by atoms with Crippen molar-refractivity contribution in [2.75, 3.05) is 31.2 Å². The van der Waals surface area contributed by atoms with E-state index in [4.69, 9.17) is 4.74 Å². The largest absolute Gasteiger partial charge is 0.491 e. The third kappa shape index (κ3) is 7.25. The van der Waals surface area contributed by atoms with Crippen LogP contribution in [0.5, 0.6) is 5.75 Å². The first-order valence-corrected chi connectivity index (χ1v) is 7.72. The van der Waals surface area contributed by atoms with Crippen LogP contribution in [0.2, 0.25) is 0 Å². The summed E-state index contributed by atoms with van der Waals surface area (Å²) in [6.07, 6.45) is -0.653. The maximum absolute atomic E-state index is 12.6. The molecule has 2 unspecified atom stereocenters. The van der Waals surface area contributed by atoms with E-state index < -0.39 is 16.9 Å². The van der Waals surface area contributed by atoms with Gasteiger partial charge < -0.3 is 15.2 Å². The lowest BCUT2D eigenvalue weighted by Crippen LogP contribution is -2.33. The van der Waals surface area contributed by atoms with Gasteiger partial charge in [0.2, 0.25) is 0 Å². The second kappa shape index (κ2) is 9.01. The van der Waals surface area contributed by atoms with Gasteiger partial charge in [-0.05, 0) is 24.3 Å². The zero-order chi connectivity index (χ0) is 14.1. The lowest BCUT2D eigenvalue weighted by Gasteiger charge is -2.13. The van der Waals surface area contributed by atoms with Gasteiger partial charge in [-0.3, -0.25) is 4.21 Å². The maximum atomic E-state index is 12.6. The van der Waals surface area contributed by atoms with Gasteiger partial charge in [0, 0.05) is 35.4 Å². The van der Waals surface area contributed by atoms with Crippen molar-refractivity contribution in [2.45, 2.75) is 13.0 Å². The molecule has 2 atom stereocenters. The first-order valence-electron chi connectivity index (χ1n) is 6.24. The van der Waals surface area contributed by atoms with Crippen LogP contribution in [0.4, 0.5) is 4.39 Å². The highest BCUT2D eigenvalue weighted by atomic mass is 32.2. The van der Waals surface area contributed by atoms with E-state index in [2.05, 4.69) is 5.32 Å². The molecule has 0 bridgehead atoms. The summed E-state index contributed by atoms with van der Waals surface area (Å²) in [7, 11) is -0.788. The Morgan fingerprint density at radius 2 is 2.11 bits per heavy atom. The molecule has 0 spiro atoms. The zero-order valence-electron chi connectivity index (χ0n) is 11.0. The average molecular weight is 289 g/mol. The summed E-state index contributed by atoms with van der Waals surface area (Å²) in [5.41, 5.74) is 0. The Morgan fingerprint density at radius 1 is 1.42 bits per heavy atom. The van der Waals surface area contributed by atoms with Crippen LogP contribution in [0.1, 0.15) is 6.92 Å². The van der Waals surface area contributed by atoms with Crippen molar-refractivity contribution in [3.8, 4) is 5.75 Å². The van der Waals surface area contributed by atoms with E-state index in [1.165, 1.54) is 24.3 Å². The quantitative estimate of drug-likeness (QED) is 0.664. The number of aliphatic hydroxyl groups excluding tert-OH is 1. The average Bonchev–Trinajstić information content (AvgIpc) is 2.42. The second-order valence-corrected chi connectivity index (χ2v) is 5.92. The van der Waals surface area contributed by atoms with Gasteiger partial charge in [-0.15, -0.1) is 0 Å². The van der Waals surface area contributed by atoms with Crippen molar-refractivity contribution in [1.29, 1.82) is 0 Å². The Morgan fingerprint density at radius 3 is 2.74 bits per heavy atom. The summed E-state index contributed by atoms with van der Waals surface area (Å²) >= 11 is 0. The summed E-state index contributed by atoms with van der Waals surface area (Å²) < 4.78 is 29.1. The van der Waals surface area contributed by atoms with Crippen molar-refractivity contribution in [1.82, 2.24) is 5.32 Å². The van der Waals surface area contributed by atoms with E-state index in [1.807, 2.05) is 6.92 Å². The van der Waals surface area contributed by atoms with Crippen molar-refractivity contribution in [3.05, 3.63) is 30.1 Å². The summed E-state index contributed by atoms with van der Waals surface area (Å²) in [6.45, 7) is 2.99. The van der Waals surface area contributed by atoms with Crippen molar-refractivity contribution in [2.24, 2.45) is 0 Å². The number of halogens is 1. The molecule has 0 amide bonds. The molecule has 1 rings (SSSR count). The number of nitrogens with one attached hydrogen (secondary N) is 1. The number of aliphatic hydroxyl groups is 1. The zero-order valence-corrected chi connectivity index (χ0v) is 11.8. The fourth-order valence-electron chi connectivity index (χ4n) is 1.38. The third-order valence-electron chi connectivity index (χ3n) is 2.46. The molecule has 0 fully saturated rings. The predicted octanol–water partition coefficient (Wildman–Crippen LogP) is 0.924.